The van der Waals surface area contributed by atoms with E-state index in [4.69, 9.17) is 0 Å². The minimum atomic E-state index is -0.652. The molecule has 1 aromatic carbocycles. The van der Waals surface area contributed by atoms with Crippen molar-refractivity contribution < 1.29 is 9.90 Å². The average Bonchev–Trinajstić information content (AvgIpc) is 3.05. The third-order valence-corrected chi connectivity index (χ3v) is 6.48. The van der Waals surface area contributed by atoms with Crippen LogP contribution < -0.4 is 0 Å². The minimum Gasteiger partial charge on any atom is -0.481 e. The number of carbonyl (C=O) groups is 1. The number of aryl methyl sites for hydroxylation is 3. The Labute approximate surface area is 178 Å². The summed E-state index contributed by atoms with van der Waals surface area (Å²) in [4.78, 5) is 14.9. The van der Waals surface area contributed by atoms with Gasteiger partial charge in [-0.05, 0) is 80.3 Å². The summed E-state index contributed by atoms with van der Waals surface area (Å²) >= 11 is 1.80. The summed E-state index contributed by atoms with van der Waals surface area (Å²) in [6.07, 6.45) is 5.08. The van der Waals surface area contributed by atoms with Crippen LogP contribution in [0.25, 0.3) is 5.57 Å². The number of rotatable bonds is 6. The van der Waals surface area contributed by atoms with Crippen LogP contribution in [0.5, 0.6) is 0 Å². The lowest BCUT2D eigenvalue weighted by Crippen LogP contribution is -2.39. The van der Waals surface area contributed by atoms with Crippen LogP contribution in [0.3, 0.4) is 0 Å². The quantitative estimate of drug-likeness (QED) is 0.651. The molecule has 3 rings (SSSR count). The van der Waals surface area contributed by atoms with E-state index in [1.54, 1.807) is 11.3 Å². The smallest absolute Gasteiger partial charge is 0.307 e. The molecule has 1 aromatic heterocycles. The zero-order chi connectivity index (χ0) is 19.4. The van der Waals surface area contributed by atoms with Crippen molar-refractivity contribution in [2.75, 3.05) is 19.6 Å². The Morgan fingerprint density at radius 2 is 2.04 bits per heavy atom. The van der Waals surface area contributed by atoms with Crippen LogP contribution in [0.15, 0.2) is 35.7 Å². The Kier molecular flexibility index (Phi) is 8.29. The van der Waals surface area contributed by atoms with Gasteiger partial charge in [0.2, 0.25) is 0 Å². The van der Waals surface area contributed by atoms with E-state index in [2.05, 4.69) is 61.4 Å². The molecule has 152 valence electrons. The summed E-state index contributed by atoms with van der Waals surface area (Å²) in [5.74, 6) is -0.860. The average molecular weight is 420 g/mol. The Morgan fingerprint density at radius 3 is 2.68 bits per heavy atom. The molecule has 1 N–H and O–H groups in total. The molecule has 0 saturated carbocycles. The zero-order valence-electron chi connectivity index (χ0n) is 16.9. The van der Waals surface area contributed by atoms with Gasteiger partial charge in [0.05, 0.1) is 5.92 Å². The molecular formula is C23H30ClNO2S. The topological polar surface area (TPSA) is 40.5 Å². The second kappa shape index (κ2) is 10.2. The highest BCUT2D eigenvalue weighted by Crippen LogP contribution is 2.33. The van der Waals surface area contributed by atoms with Crippen LogP contribution in [-0.2, 0) is 4.79 Å². The third kappa shape index (κ3) is 5.47. The first-order valence-corrected chi connectivity index (χ1v) is 10.6. The summed E-state index contributed by atoms with van der Waals surface area (Å²) in [6, 6.07) is 8.84. The number of hydrogen-bond donors (Lipinski definition) is 1. The Morgan fingerprint density at radius 1 is 1.25 bits per heavy atom. The number of benzene rings is 1. The molecule has 1 aliphatic rings. The molecule has 3 nitrogen and oxygen atoms in total. The number of aliphatic carboxylic acids is 1. The van der Waals surface area contributed by atoms with Gasteiger partial charge >= 0.3 is 5.97 Å². The van der Waals surface area contributed by atoms with Crippen molar-refractivity contribution in [1.82, 2.24) is 4.90 Å². The first kappa shape index (κ1) is 22.7. The molecule has 0 spiro atoms. The van der Waals surface area contributed by atoms with Gasteiger partial charge in [-0.15, -0.1) is 23.7 Å². The maximum atomic E-state index is 11.3. The highest BCUT2D eigenvalue weighted by Gasteiger charge is 2.24. The maximum Gasteiger partial charge on any atom is 0.307 e. The van der Waals surface area contributed by atoms with Crippen LogP contribution in [0, 0.1) is 26.7 Å². The number of carboxylic acids is 1. The zero-order valence-corrected chi connectivity index (χ0v) is 18.5. The molecule has 1 atom stereocenters. The van der Waals surface area contributed by atoms with Gasteiger partial charge in [-0.25, -0.2) is 0 Å². The van der Waals surface area contributed by atoms with Gasteiger partial charge in [-0.2, -0.15) is 0 Å². The summed E-state index contributed by atoms with van der Waals surface area (Å²) in [5, 5.41) is 11.4. The summed E-state index contributed by atoms with van der Waals surface area (Å²) in [7, 11) is 0. The Bertz CT molecular complexity index is 843. The van der Waals surface area contributed by atoms with Gasteiger partial charge < -0.3 is 10.0 Å². The van der Waals surface area contributed by atoms with Crippen molar-refractivity contribution in [3.63, 3.8) is 0 Å². The first-order chi connectivity index (χ1) is 13.0. The molecule has 0 amide bonds. The van der Waals surface area contributed by atoms with Crippen molar-refractivity contribution in [3.8, 4) is 0 Å². The van der Waals surface area contributed by atoms with Crippen LogP contribution in [-0.4, -0.2) is 35.6 Å². The normalized spacial score (nSPS) is 18.0. The lowest BCUT2D eigenvalue weighted by atomic mass is 9.95. The number of piperidine rings is 1. The number of halogens is 1. The van der Waals surface area contributed by atoms with E-state index in [0.717, 1.165) is 32.4 Å². The third-order valence-electron chi connectivity index (χ3n) is 5.43. The summed E-state index contributed by atoms with van der Waals surface area (Å²) < 4.78 is 0. The fourth-order valence-corrected chi connectivity index (χ4v) is 4.92. The largest absolute Gasteiger partial charge is 0.481 e. The van der Waals surface area contributed by atoms with Crippen molar-refractivity contribution in [1.29, 1.82) is 0 Å². The van der Waals surface area contributed by atoms with E-state index in [-0.39, 0.29) is 18.3 Å². The van der Waals surface area contributed by atoms with Gasteiger partial charge in [0.1, 0.15) is 0 Å². The van der Waals surface area contributed by atoms with Gasteiger partial charge in [-0.3, -0.25) is 4.79 Å². The minimum absolute atomic E-state index is 0. The summed E-state index contributed by atoms with van der Waals surface area (Å²) in [5.41, 5.74) is 6.51. The number of nitrogens with zero attached hydrogens (tertiary/aromatic N) is 1. The van der Waals surface area contributed by atoms with Crippen molar-refractivity contribution in [3.05, 3.63) is 62.9 Å². The standard InChI is InChI=1S/C23H29NO2S.ClH/c1-16-8-9-20(18(3)14-16)21(22-17(2)10-13-27-22)7-5-12-24-11-4-6-19(15-24)23(25)26;/h7-10,13-14,19H,4-6,11-12,15H2,1-3H3,(H,25,26);1H/b21-7-;/t19-;/m0./s1. The number of hydrogen-bond acceptors (Lipinski definition) is 3. The van der Waals surface area contributed by atoms with Crippen LogP contribution >= 0.6 is 23.7 Å². The van der Waals surface area contributed by atoms with Gasteiger partial charge in [0.25, 0.3) is 0 Å². The van der Waals surface area contributed by atoms with Gasteiger partial charge in [-0.1, -0.05) is 29.8 Å². The second-order valence-corrected chi connectivity index (χ2v) is 8.55. The molecule has 2 heterocycles. The van der Waals surface area contributed by atoms with E-state index < -0.39 is 5.97 Å². The lowest BCUT2D eigenvalue weighted by Gasteiger charge is -2.30. The van der Waals surface area contributed by atoms with Gasteiger partial charge in [0, 0.05) is 18.0 Å². The van der Waals surface area contributed by atoms with E-state index in [1.165, 1.54) is 32.7 Å². The molecule has 2 aromatic rings. The van der Waals surface area contributed by atoms with Gasteiger partial charge in [0.15, 0.2) is 0 Å². The fraction of sp³-hybridized carbons (Fsp3) is 0.435. The van der Waals surface area contributed by atoms with Crippen molar-refractivity contribution in [2.45, 2.75) is 40.0 Å². The molecule has 28 heavy (non-hydrogen) atoms. The highest BCUT2D eigenvalue weighted by molar-refractivity contribution is 7.11. The predicted octanol–water partition coefficient (Wildman–Crippen LogP) is 5.71. The Balaban J connectivity index is 0.00000280. The molecule has 0 unspecified atom stereocenters. The lowest BCUT2D eigenvalue weighted by molar-refractivity contribution is -0.143. The van der Waals surface area contributed by atoms with Crippen LogP contribution in [0.1, 0.15) is 46.4 Å². The molecular weight excluding hydrogens is 390 g/mol. The van der Waals surface area contributed by atoms with Crippen LogP contribution in [0.4, 0.5) is 0 Å². The highest BCUT2D eigenvalue weighted by atomic mass is 35.5. The number of carboxylic acid groups (broad SMARTS) is 1. The number of thiophene rings is 1. The van der Waals surface area contributed by atoms with Crippen LogP contribution in [0.2, 0.25) is 0 Å². The molecule has 0 radical (unpaired) electrons. The SMILES string of the molecule is Cc1ccc(/C(=C/CCN2CCC[C@H](C(=O)O)C2)c2sccc2C)c(C)c1.Cl. The molecule has 1 saturated heterocycles. The monoisotopic (exact) mass is 419 g/mol. The second-order valence-electron chi connectivity index (χ2n) is 7.64. The molecule has 1 aliphatic heterocycles. The van der Waals surface area contributed by atoms with Crippen molar-refractivity contribution in [2.24, 2.45) is 5.92 Å². The van der Waals surface area contributed by atoms with E-state index in [0.29, 0.717) is 6.54 Å². The predicted molar refractivity (Wildman–Crippen MR) is 121 cm³/mol. The molecule has 1 fully saturated rings. The molecule has 0 aliphatic carbocycles. The maximum absolute atomic E-state index is 11.3. The van der Waals surface area contributed by atoms with Crippen molar-refractivity contribution >= 4 is 35.3 Å². The molecule has 5 heteroatoms. The Hall–Kier alpha value is -1.62. The number of likely N-dealkylation sites (tertiary alicyclic amines) is 1. The van der Waals surface area contributed by atoms with E-state index >= 15 is 0 Å². The fourth-order valence-electron chi connectivity index (χ4n) is 3.94. The summed E-state index contributed by atoms with van der Waals surface area (Å²) in [6.45, 7) is 9.09. The molecule has 0 bridgehead atoms. The van der Waals surface area contributed by atoms with E-state index in [9.17, 15) is 9.90 Å². The first-order valence-electron chi connectivity index (χ1n) is 9.73. The van der Waals surface area contributed by atoms with E-state index in [1.807, 2.05) is 0 Å².